The van der Waals surface area contributed by atoms with Crippen LogP contribution in [0.1, 0.15) is 13.3 Å². The molecule has 0 radical (unpaired) electrons. The monoisotopic (exact) mass is 195 g/mol. The second-order valence-corrected chi connectivity index (χ2v) is 3.91. The molecule has 0 aliphatic carbocycles. The molecule has 76 valence electrons. The molecule has 0 spiro atoms. The number of halogens is 1. The van der Waals surface area contributed by atoms with Gasteiger partial charge in [0.1, 0.15) is 11.6 Å². The van der Waals surface area contributed by atoms with Crippen LogP contribution in [0.4, 0.5) is 10.2 Å². The van der Waals surface area contributed by atoms with E-state index in [9.17, 15) is 4.39 Å². The fourth-order valence-corrected chi connectivity index (χ4v) is 1.65. The Labute approximate surface area is 82.7 Å². The first-order valence-electron chi connectivity index (χ1n) is 4.78. The fraction of sp³-hybridized carbons (Fsp3) is 0.500. The van der Waals surface area contributed by atoms with Crippen molar-refractivity contribution in [1.29, 1.82) is 0 Å². The Morgan fingerprint density at radius 3 is 2.79 bits per heavy atom. The summed E-state index contributed by atoms with van der Waals surface area (Å²) >= 11 is 0. The van der Waals surface area contributed by atoms with Gasteiger partial charge in [-0.05, 0) is 18.6 Å². The van der Waals surface area contributed by atoms with Crippen molar-refractivity contribution in [2.24, 2.45) is 5.73 Å². The number of nitrogens with zero attached hydrogens (tertiary/aromatic N) is 2. The van der Waals surface area contributed by atoms with Crippen LogP contribution in [0.2, 0.25) is 0 Å². The zero-order valence-electron chi connectivity index (χ0n) is 8.20. The number of anilines is 1. The van der Waals surface area contributed by atoms with E-state index in [1.807, 2.05) is 0 Å². The number of rotatable bonds is 2. The third-order valence-corrected chi connectivity index (χ3v) is 2.75. The van der Waals surface area contributed by atoms with Crippen LogP contribution in [-0.4, -0.2) is 23.6 Å². The molecule has 0 atom stereocenters. The van der Waals surface area contributed by atoms with E-state index in [1.165, 1.54) is 12.3 Å². The Morgan fingerprint density at radius 2 is 2.29 bits per heavy atom. The van der Waals surface area contributed by atoms with Crippen molar-refractivity contribution in [2.45, 2.75) is 18.9 Å². The van der Waals surface area contributed by atoms with Crippen LogP contribution >= 0.6 is 0 Å². The molecule has 0 bridgehead atoms. The molecule has 1 aromatic heterocycles. The summed E-state index contributed by atoms with van der Waals surface area (Å²) in [5.41, 5.74) is 5.94. The zero-order chi connectivity index (χ0) is 10.2. The summed E-state index contributed by atoms with van der Waals surface area (Å²) < 4.78 is 12.6. The molecule has 2 heterocycles. The van der Waals surface area contributed by atoms with E-state index < -0.39 is 0 Å². The average Bonchev–Trinajstić information content (AvgIpc) is 2.15. The van der Waals surface area contributed by atoms with Crippen LogP contribution in [0.5, 0.6) is 0 Å². The molecule has 1 fully saturated rings. The SMILES string of the molecule is CCC1(N)CN(c2ccc(F)cn2)C1. The Kier molecular flexibility index (Phi) is 2.15. The molecule has 2 N–H and O–H groups in total. The molecule has 14 heavy (non-hydrogen) atoms. The van der Waals surface area contributed by atoms with Gasteiger partial charge >= 0.3 is 0 Å². The maximum absolute atomic E-state index is 12.6. The van der Waals surface area contributed by atoms with Gasteiger partial charge in [0.15, 0.2) is 0 Å². The van der Waals surface area contributed by atoms with E-state index in [0.717, 1.165) is 25.3 Å². The maximum atomic E-state index is 12.6. The summed E-state index contributed by atoms with van der Waals surface area (Å²) in [6.45, 7) is 3.69. The van der Waals surface area contributed by atoms with Gasteiger partial charge in [0.25, 0.3) is 0 Å². The van der Waals surface area contributed by atoms with Gasteiger partial charge in [-0.1, -0.05) is 6.92 Å². The number of pyridine rings is 1. The molecule has 2 rings (SSSR count). The van der Waals surface area contributed by atoms with Crippen LogP contribution in [0, 0.1) is 5.82 Å². The number of aromatic nitrogens is 1. The lowest BCUT2D eigenvalue weighted by Gasteiger charge is -2.48. The highest BCUT2D eigenvalue weighted by Crippen LogP contribution is 2.26. The minimum Gasteiger partial charge on any atom is -0.353 e. The Morgan fingerprint density at radius 1 is 1.57 bits per heavy atom. The van der Waals surface area contributed by atoms with Gasteiger partial charge in [-0.25, -0.2) is 9.37 Å². The van der Waals surface area contributed by atoms with Crippen LogP contribution in [-0.2, 0) is 0 Å². The molecule has 1 aliphatic rings. The molecular weight excluding hydrogens is 181 g/mol. The van der Waals surface area contributed by atoms with Gasteiger partial charge in [0.05, 0.1) is 11.7 Å². The predicted octanol–water partition coefficient (Wildman–Crippen LogP) is 1.15. The normalized spacial score (nSPS) is 19.2. The Balaban J connectivity index is 2.03. The lowest BCUT2D eigenvalue weighted by atomic mass is 9.88. The third-order valence-electron chi connectivity index (χ3n) is 2.75. The van der Waals surface area contributed by atoms with E-state index in [4.69, 9.17) is 5.73 Å². The van der Waals surface area contributed by atoms with Crippen molar-refractivity contribution in [1.82, 2.24) is 4.98 Å². The second-order valence-electron chi connectivity index (χ2n) is 3.91. The minimum atomic E-state index is -0.302. The van der Waals surface area contributed by atoms with E-state index in [1.54, 1.807) is 6.07 Å². The van der Waals surface area contributed by atoms with E-state index in [2.05, 4.69) is 16.8 Å². The second kappa shape index (κ2) is 3.20. The van der Waals surface area contributed by atoms with Crippen molar-refractivity contribution in [2.75, 3.05) is 18.0 Å². The van der Waals surface area contributed by atoms with Crippen molar-refractivity contribution in [3.63, 3.8) is 0 Å². The minimum absolute atomic E-state index is 0.0733. The van der Waals surface area contributed by atoms with Gasteiger partial charge in [0, 0.05) is 13.1 Å². The van der Waals surface area contributed by atoms with Crippen molar-refractivity contribution < 1.29 is 4.39 Å². The van der Waals surface area contributed by atoms with Crippen LogP contribution < -0.4 is 10.6 Å². The summed E-state index contributed by atoms with van der Waals surface area (Å²) in [6.07, 6.45) is 2.20. The largest absolute Gasteiger partial charge is 0.353 e. The predicted molar refractivity (Wildman–Crippen MR) is 53.6 cm³/mol. The molecular formula is C10H14FN3. The first-order valence-corrected chi connectivity index (χ1v) is 4.78. The third kappa shape index (κ3) is 1.57. The Bertz CT molecular complexity index is 317. The number of hydrogen-bond donors (Lipinski definition) is 1. The number of hydrogen-bond acceptors (Lipinski definition) is 3. The van der Waals surface area contributed by atoms with Crippen molar-refractivity contribution in [3.05, 3.63) is 24.1 Å². The molecule has 1 aliphatic heterocycles. The molecule has 0 amide bonds. The fourth-order valence-electron chi connectivity index (χ4n) is 1.65. The smallest absolute Gasteiger partial charge is 0.141 e. The molecule has 0 aromatic carbocycles. The highest BCUT2D eigenvalue weighted by Gasteiger charge is 2.38. The molecule has 4 heteroatoms. The molecule has 0 unspecified atom stereocenters. The lowest BCUT2D eigenvalue weighted by Crippen LogP contribution is -2.67. The van der Waals surface area contributed by atoms with E-state index >= 15 is 0 Å². The summed E-state index contributed by atoms with van der Waals surface area (Å²) in [7, 11) is 0. The lowest BCUT2D eigenvalue weighted by molar-refractivity contribution is 0.320. The van der Waals surface area contributed by atoms with Crippen molar-refractivity contribution >= 4 is 5.82 Å². The van der Waals surface area contributed by atoms with E-state index in [-0.39, 0.29) is 11.4 Å². The van der Waals surface area contributed by atoms with Crippen LogP contribution in [0.15, 0.2) is 18.3 Å². The van der Waals surface area contributed by atoms with Crippen LogP contribution in [0.3, 0.4) is 0 Å². The zero-order valence-corrected chi connectivity index (χ0v) is 8.20. The summed E-state index contributed by atoms with van der Waals surface area (Å²) in [6, 6.07) is 3.11. The maximum Gasteiger partial charge on any atom is 0.141 e. The van der Waals surface area contributed by atoms with Gasteiger partial charge in [-0.3, -0.25) is 0 Å². The van der Waals surface area contributed by atoms with E-state index in [0.29, 0.717) is 0 Å². The highest BCUT2D eigenvalue weighted by molar-refractivity contribution is 5.44. The summed E-state index contributed by atoms with van der Waals surface area (Å²) in [4.78, 5) is 6.05. The van der Waals surface area contributed by atoms with Gasteiger partial charge < -0.3 is 10.6 Å². The average molecular weight is 195 g/mol. The first-order chi connectivity index (χ1) is 6.63. The summed E-state index contributed by atoms with van der Waals surface area (Å²) in [5.74, 6) is 0.504. The van der Waals surface area contributed by atoms with Crippen LogP contribution in [0.25, 0.3) is 0 Å². The summed E-state index contributed by atoms with van der Waals surface area (Å²) in [5, 5.41) is 0. The first kappa shape index (κ1) is 9.40. The molecule has 0 saturated carbocycles. The molecule has 3 nitrogen and oxygen atoms in total. The quantitative estimate of drug-likeness (QED) is 0.769. The standard InChI is InChI=1S/C10H14FN3/c1-2-10(12)6-14(7-10)9-4-3-8(11)5-13-9/h3-5H,2,6-7,12H2,1H3. The van der Waals surface area contributed by atoms with Gasteiger partial charge in [0.2, 0.25) is 0 Å². The number of nitrogens with two attached hydrogens (primary N) is 1. The van der Waals surface area contributed by atoms with Crippen molar-refractivity contribution in [3.8, 4) is 0 Å². The van der Waals surface area contributed by atoms with Gasteiger partial charge in [-0.2, -0.15) is 0 Å². The van der Waals surface area contributed by atoms with Gasteiger partial charge in [-0.15, -0.1) is 0 Å². The Hall–Kier alpha value is -1.16. The topological polar surface area (TPSA) is 42.1 Å². The highest BCUT2D eigenvalue weighted by atomic mass is 19.1. The molecule has 1 aromatic rings. The molecule has 1 saturated heterocycles.